The first-order valence-electron chi connectivity index (χ1n) is 7.48. The molecule has 0 spiro atoms. The van der Waals surface area contributed by atoms with Gasteiger partial charge in [-0.15, -0.1) is 20.5 Å². The van der Waals surface area contributed by atoms with Crippen molar-refractivity contribution in [2.75, 3.05) is 0 Å². The second-order valence-electron chi connectivity index (χ2n) is 5.89. The highest BCUT2D eigenvalue weighted by Gasteiger charge is 2.65. The Kier molecular flexibility index (Phi) is 3.40. The van der Waals surface area contributed by atoms with E-state index in [1.807, 2.05) is 0 Å². The van der Waals surface area contributed by atoms with Crippen LogP contribution in [-0.2, 0) is 11.3 Å². The summed E-state index contributed by atoms with van der Waals surface area (Å²) in [7, 11) is 0. The van der Waals surface area contributed by atoms with Crippen molar-refractivity contribution in [3.63, 3.8) is 0 Å². The number of nitrogens with zero attached hydrogens (tertiary/aromatic N) is 4. The Hall–Kier alpha value is -2.98. The summed E-state index contributed by atoms with van der Waals surface area (Å²) in [6, 6.07) is 9.89. The molecular formula is C16H8F6N4O. The molecule has 0 atom stereocenters. The predicted molar refractivity (Wildman–Crippen MR) is 78.1 cm³/mol. The van der Waals surface area contributed by atoms with Crippen LogP contribution < -0.4 is 4.74 Å². The zero-order chi connectivity index (χ0) is 19.5. The first-order valence-corrected chi connectivity index (χ1v) is 7.48. The van der Waals surface area contributed by atoms with Crippen LogP contribution in [-0.4, -0.2) is 12.4 Å². The Balaban J connectivity index is 1.48. The average molecular weight is 386 g/mol. The SMILES string of the molecule is FC(F)(F)C1(c2ccc(Oc3ccc(C4(C(F)(F)F)N=N4)cc3)cc2)N=N1. The third kappa shape index (κ3) is 2.73. The standard InChI is InChI=1S/C16H8F6N4O/c17-15(18,19)13(23-24-13)9-1-5-11(6-2-9)27-12-7-3-10(4-8-12)14(25-26-14)16(20,21)22/h1-8H. The van der Waals surface area contributed by atoms with Gasteiger partial charge < -0.3 is 4.74 Å². The minimum Gasteiger partial charge on any atom is -0.457 e. The van der Waals surface area contributed by atoms with Gasteiger partial charge in [-0.1, -0.05) is 24.3 Å². The van der Waals surface area contributed by atoms with Gasteiger partial charge in [-0.05, 0) is 24.3 Å². The zero-order valence-corrected chi connectivity index (χ0v) is 13.1. The Morgan fingerprint density at radius 1 is 0.556 bits per heavy atom. The fourth-order valence-electron chi connectivity index (χ4n) is 2.53. The lowest BCUT2D eigenvalue weighted by Crippen LogP contribution is -2.30. The van der Waals surface area contributed by atoms with Crippen LogP contribution in [0.2, 0.25) is 0 Å². The molecule has 4 rings (SSSR count). The van der Waals surface area contributed by atoms with Crippen molar-refractivity contribution in [3.05, 3.63) is 59.7 Å². The van der Waals surface area contributed by atoms with Crippen LogP contribution in [0, 0.1) is 0 Å². The van der Waals surface area contributed by atoms with Crippen LogP contribution >= 0.6 is 0 Å². The van der Waals surface area contributed by atoms with Gasteiger partial charge in [0.2, 0.25) is 0 Å². The van der Waals surface area contributed by atoms with Gasteiger partial charge in [0.15, 0.2) is 0 Å². The third-order valence-corrected chi connectivity index (χ3v) is 4.14. The molecule has 27 heavy (non-hydrogen) atoms. The minimum atomic E-state index is -4.63. The fraction of sp³-hybridized carbons (Fsp3) is 0.250. The van der Waals surface area contributed by atoms with E-state index in [1.165, 1.54) is 48.5 Å². The van der Waals surface area contributed by atoms with Crippen molar-refractivity contribution >= 4 is 0 Å². The smallest absolute Gasteiger partial charge is 0.442 e. The van der Waals surface area contributed by atoms with Crippen LogP contribution in [0.4, 0.5) is 26.3 Å². The molecule has 2 aromatic rings. The lowest BCUT2D eigenvalue weighted by Gasteiger charge is -2.16. The van der Waals surface area contributed by atoms with Gasteiger partial charge in [0, 0.05) is 11.1 Å². The van der Waals surface area contributed by atoms with Crippen molar-refractivity contribution < 1.29 is 31.1 Å². The molecule has 2 aliphatic heterocycles. The summed E-state index contributed by atoms with van der Waals surface area (Å²) < 4.78 is 83.1. The number of alkyl halides is 6. The Morgan fingerprint density at radius 3 is 1.07 bits per heavy atom. The van der Waals surface area contributed by atoms with Crippen molar-refractivity contribution in [1.29, 1.82) is 0 Å². The van der Waals surface area contributed by atoms with Crippen LogP contribution in [0.15, 0.2) is 69.0 Å². The summed E-state index contributed by atoms with van der Waals surface area (Å²) in [5, 5.41) is 12.4. The minimum absolute atomic E-state index is 0.151. The molecule has 0 bridgehead atoms. The van der Waals surface area contributed by atoms with Gasteiger partial charge >= 0.3 is 23.7 Å². The van der Waals surface area contributed by atoms with E-state index in [0.717, 1.165) is 0 Å². The molecule has 0 radical (unpaired) electrons. The highest BCUT2D eigenvalue weighted by Crippen LogP contribution is 2.53. The van der Waals surface area contributed by atoms with E-state index in [-0.39, 0.29) is 22.6 Å². The molecule has 0 N–H and O–H groups in total. The van der Waals surface area contributed by atoms with Gasteiger partial charge in [-0.25, -0.2) is 0 Å². The number of hydrogen-bond acceptors (Lipinski definition) is 5. The average Bonchev–Trinajstić information content (AvgIpc) is 3.46. The van der Waals surface area contributed by atoms with Gasteiger partial charge in [-0.2, -0.15) is 26.3 Å². The largest absolute Gasteiger partial charge is 0.457 e. The maximum atomic E-state index is 12.9. The van der Waals surface area contributed by atoms with Crippen molar-refractivity contribution in [2.24, 2.45) is 20.5 Å². The molecule has 11 heteroatoms. The molecule has 0 saturated carbocycles. The molecule has 2 aromatic carbocycles. The Bertz CT molecular complexity index is 842. The van der Waals surface area contributed by atoms with Gasteiger partial charge in [0.1, 0.15) is 11.5 Å². The maximum absolute atomic E-state index is 12.9. The van der Waals surface area contributed by atoms with Crippen molar-refractivity contribution in [3.8, 4) is 11.5 Å². The molecular weight excluding hydrogens is 378 g/mol. The van der Waals surface area contributed by atoms with Crippen LogP contribution in [0.1, 0.15) is 11.1 Å². The highest BCUT2D eigenvalue weighted by molar-refractivity contribution is 5.40. The van der Waals surface area contributed by atoms with E-state index in [2.05, 4.69) is 20.5 Å². The quantitative estimate of drug-likeness (QED) is 0.609. The molecule has 0 saturated heterocycles. The summed E-state index contributed by atoms with van der Waals surface area (Å²) in [5.74, 6) is 0.409. The number of hydrogen-bond donors (Lipinski definition) is 0. The summed E-state index contributed by atoms with van der Waals surface area (Å²) in [6.45, 7) is 0. The van der Waals surface area contributed by atoms with E-state index in [1.54, 1.807) is 0 Å². The number of halogens is 6. The number of rotatable bonds is 4. The second-order valence-corrected chi connectivity index (χ2v) is 5.89. The van der Waals surface area contributed by atoms with E-state index in [9.17, 15) is 26.3 Å². The lowest BCUT2D eigenvalue weighted by molar-refractivity contribution is -0.166. The molecule has 0 fully saturated rings. The highest BCUT2D eigenvalue weighted by atomic mass is 19.4. The lowest BCUT2D eigenvalue weighted by atomic mass is 10.0. The van der Waals surface area contributed by atoms with Crippen molar-refractivity contribution in [1.82, 2.24) is 0 Å². The van der Waals surface area contributed by atoms with Crippen molar-refractivity contribution in [2.45, 2.75) is 23.7 Å². The molecule has 5 nitrogen and oxygen atoms in total. The second kappa shape index (κ2) is 5.27. The predicted octanol–water partition coefficient (Wildman–Crippen LogP) is 5.84. The molecule has 0 aromatic heterocycles. The van der Waals surface area contributed by atoms with Crippen LogP contribution in [0.5, 0.6) is 11.5 Å². The summed E-state index contributed by atoms with van der Waals surface area (Å²) >= 11 is 0. The summed E-state index contributed by atoms with van der Waals surface area (Å²) in [6.07, 6.45) is -9.25. The zero-order valence-electron chi connectivity index (χ0n) is 13.1. The van der Waals surface area contributed by atoms with E-state index >= 15 is 0 Å². The summed E-state index contributed by atoms with van der Waals surface area (Å²) in [5.41, 5.74) is -5.34. The van der Waals surface area contributed by atoms with Crippen LogP contribution in [0.25, 0.3) is 0 Å². The van der Waals surface area contributed by atoms with Gasteiger partial charge in [0.25, 0.3) is 0 Å². The maximum Gasteiger partial charge on any atom is 0.442 e. The molecule has 0 amide bonds. The van der Waals surface area contributed by atoms with E-state index in [4.69, 9.17) is 4.74 Å². The number of ether oxygens (including phenoxy) is 1. The molecule has 2 heterocycles. The van der Waals surface area contributed by atoms with Crippen LogP contribution in [0.3, 0.4) is 0 Å². The Labute approximate surface area is 147 Å². The first kappa shape index (κ1) is 17.4. The van der Waals surface area contributed by atoms with Gasteiger partial charge in [-0.3, -0.25) is 0 Å². The molecule has 140 valence electrons. The Morgan fingerprint density at radius 2 is 0.852 bits per heavy atom. The third-order valence-electron chi connectivity index (χ3n) is 4.14. The van der Waals surface area contributed by atoms with E-state index in [0.29, 0.717) is 0 Å². The van der Waals surface area contributed by atoms with E-state index < -0.39 is 23.7 Å². The topological polar surface area (TPSA) is 58.7 Å². The summed E-state index contributed by atoms with van der Waals surface area (Å²) in [4.78, 5) is 0. The van der Waals surface area contributed by atoms with Gasteiger partial charge in [0.05, 0.1) is 0 Å². The monoisotopic (exact) mass is 386 g/mol. The fourth-order valence-corrected chi connectivity index (χ4v) is 2.53. The first-order chi connectivity index (χ1) is 12.6. The molecule has 2 aliphatic rings. The molecule has 0 unspecified atom stereocenters. The molecule has 0 aliphatic carbocycles. The number of benzene rings is 2. The normalized spacial score (nSPS) is 19.0.